The van der Waals surface area contributed by atoms with Gasteiger partial charge in [-0.3, -0.25) is 0 Å². The van der Waals surface area contributed by atoms with Crippen molar-refractivity contribution in [3.8, 4) is 11.6 Å². The third kappa shape index (κ3) is 1.76. The van der Waals surface area contributed by atoms with Gasteiger partial charge >= 0.3 is 11.5 Å². The average Bonchev–Trinajstić information content (AvgIpc) is 3.48. The predicted octanol–water partition coefficient (Wildman–Crippen LogP) is 3.17. The fourth-order valence-electron chi connectivity index (χ4n) is 8.98. The number of hydrogen-bond acceptors (Lipinski definition) is 1. The van der Waals surface area contributed by atoms with Crippen molar-refractivity contribution in [1.82, 2.24) is 0 Å². The maximum Gasteiger partial charge on any atom is 0.422 e. The lowest BCUT2D eigenvalue weighted by Gasteiger charge is -2.43. The molecule has 4 heteroatoms. The van der Waals surface area contributed by atoms with Gasteiger partial charge in [0.1, 0.15) is 11.1 Å². The molecule has 5 aromatic rings. The molecule has 4 aromatic carbocycles. The average molecular weight is 484 g/mol. The van der Waals surface area contributed by atoms with Crippen molar-refractivity contribution >= 4 is 34.5 Å². The van der Waals surface area contributed by atoms with Gasteiger partial charge in [0.05, 0.1) is 18.1 Å². The van der Waals surface area contributed by atoms with Crippen LogP contribution in [0.4, 0.5) is 5.69 Å². The highest BCUT2D eigenvalue weighted by Crippen LogP contribution is 2.53. The minimum atomic E-state index is -0.488. The number of hydrogen-bond donors (Lipinski definition) is 0. The molecule has 0 saturated heterocycles. The molecule has 1 spiro atoms. The van der Waals surface area contributed by atoms with E-state index in [9.17, 15) is 0 Å². The molecule has 0 saturated carbocycles. The van der Waals surface area contributed by atoms with Gasteiger partial charge in [-0.15, -0.1) is 4.58 Å². The van der Waals surface area contributed by atoms with Crippen LogP contribution in [0.25, 0.3) is 0 Å². The fraction of sp³-hybridized carbons (Fsp3) is 0.118. The van der Waals surface area contributed by atoms with E-state index >= 15 is 0 Å². The summed E-state index contributed by atoms with van der Waals surface area (Å²) in [6, 6.07) is 31.9. The Balaban J connectivity index is 1.41. The monoisotopic (exact) mass is 484 g/mol. The number of rotatable bonds is 0. The quantitative estimate of drug-likeness (QED) is 0.239. The highest BCUT2D eigenvalue weighted by atomic mass is 16.5. The smallest absolute Gasteiger partial charge is 0.404 e. The molecule has 11 rings (SSSR count). The molecule has 0 aliphatic carbocycles. The van der Waals surface area contributed by atoms with Crippen LogP contribution in [-0.4, -0.2) is 17.0 Å². The first-order chi connectivity index (χ1) is 18.8. The van der Waals surface area contributed by atoms with E-state index < -0.39 is 5.66 Å². The van der Waals surface area contributed by atoms with Crippen molar-refractivity contribution in [2.24, 2.45) is 0 Å². The standard InChI is InChI=1S/C34H21BN2O/c1-2-9-25-19(6-1)18-26-24-13-11-22-16-20-7-5-8-21-17-23-12-14-27-30-33(23)35(31(20)21)32(22)29(24)34(30,37(25)26)36-15-4-3-10-28(36)38-27/h1-15H,16-18H2/q+2. The minimum Gasteiger partial charge on any atom is -0.404 e. The molecule has 0 N–H and O–H groups in total. The van der Waals surface area contributed by atoms with Gasteiger partial charge in [0, 0.05) is 17.7 Å². The second-order valence-electron chi connectivity index (χ2n) is 11.6. The Labute approximate surface area is 220 Å². The molecular formula is C34H21BN2O+2. The van der Waals surface area contributed by atoms with Crippen LogP contribution >= 0.6 is 0 Å². The van der Waals surface area contributed by atoms with E-state index in [2.05, 4.69) is 100 Å². The zero-order valence-electron chi connectivity index (χ0n) is 20.7. The summed E-state index contributed by atoms with van der Waals surface area (Å²) in [5.74, 6) is 1.91. The molecule has 0 amide bonds. The maximum absolute atomic E-state index is 6.76. The van der Waals surface area contributed by atoms with Gasteiger partial charge < -0.3 is 4.74 Å². The summed E-state index contributed by atoms with van der Waals surface area (Å²) in [7, 11) is 0. The maximum atomic E-state index is 6.76. The third-order valence-corrected chi connectivity index (χ3v) is 10.1. The predicted molar refractivity (Wildman–Crippen MR) is 147 cm³/mol. The Hall–Kier alpha value is -4.44. The van der Waals surface area contributed by atoms with E-state index in [4.69, 9.17) is 4.74 Å². The van der Waals surface area contributed by atoms with Crippen molar-refractivity contribution in [2.75, 3.05) is 0 Å². The van der Waals surface area contributed by atoms with Crippen molar-refractivity contribution in [2.45, 2.75) is 24.9 Å². The Kier molecular flexibility index (Phi) is 2.88. The van der Waals surface area contributed by atoms with Gasteiger partial charge in [-0.1, -0.05) is 58.6 Å². The van der Waals surface area contributed by atoms with E-state index in [1.54, 1.807) is 10.9 Å². The SMILES string of the molecule is c1ccc2c(c1)CC1=[N+]2C23c4c(ccc5c4B4c6c(cccc6Cc6ccc1c2c64)C5)Oc1cccc[n+]13. The summed E-state index contributed by atoms with van der Waals surface area (Å²) in [5.41, 5.74) is 18.5. The normalized spacial score (nSPS) is 20.5. The topological polar surface area (TPSA) is 16.1 Å². The summed E-state index contributed by atoms with van der Waals surface area (Å²) in [5, 5.41) is 0. The zero-order chi connectivity index (χ0) is 24.3. The molecule has 0 radical (unpaired) electrons. The molecular weight excluding hydrogens is 463 g/mol. The summed E-state index contributed by atoms with van der Waals surface area (Å²) >= 11 is 0. The second kappa shape index (κ2) is 5.84. The van der Waals surface area contributed by atoms with Gasteiger partial charge in [-0.05, 0) is 64.2 Å². The molecule has 6 aliphatic rings. The van der Waals surface area contributed by atoms with Crippen LogP contribution in [0.3, 0.4) is 0 Å². The van der Waals surface area contributed by atoms with Crippen LogP contribution < -0.4 is 25.7 Å². The molecule has 0 fully saturated rings. The van der Waals surface area contributed by atoms with Gasteiger partial charge in [0.2, 0.25) is 18.1 Å². The van der Waals surface area contributed by atoms with E-state index in [-0.39, 0.29) is 6.71 Å². The molecule has 174 valence electrons. The number of fused-ring (bicyclic) bond motifs is 4. The third-order valence-electron chi connectivity index (χ3n) is 10.1. The molecule has 1 unspecified atom stereocenters. The van der Waals surface area contributed by atoms with Gasteiger partial charge in [0.25, 0.3) is 0 Å². The molecule has 1 aromatic heterocycles. The molecule has 7 heterocycles. The number of ether oxygens (including phenoxy) is 1. The van der Waals surface area contributed by atoms with Crippen LogP contribution in [0.5, 0.6) is 11.6 Å². The van der Waals surface area contributed by atoms with Crippen LogP contribution in [0.15, 0.2) is 91.1 Å². The summed E-state index contributed by atoms with van der Waals surface area (Å²) in [6.07, 6.45) is 5.21. The van der Waals surface area contributed by atoms with Crippen LogP contribution in [0.1, 0.15) is 44.5 Å². The number of nitrogens with zero attached hydrogens (tertiary/aromatic N) is 2. The van der Waals surface area contributed by atoms with Crippen molar-refractivity contribution in [3.05, 3.63) is 136 Å². The zero-order valence-corrected chi connectivity index (χ0v) is 20.7. The first kappa shape index (κ1) is 18.8. The first-order valence-corrected chi connectivity index (χ1v) is 13.7. The van der Waals surface area contributed by atoms with Crippen molar-refractivity contribution < 1.29 is 13.9 Å². The Bertz CT molecular complexity index is 2040. The van der Waals surface area contributed by atoms with Gasteiger partial charge in [0.15, 0.2) is 11.9 Å². The van der Waals surface area contributed by atoms with E-state index in [1.807, 2.05) is 0 Å². The lowest BCUT2D eigenvalue weighted by atomic mass is 9.27. The van der Waals surface area contributed by atoms with Gasteiger partial charge in [-0.25, -0.2) is 0 Å². The Morgan fingerprint density at radius 1 is 0.632 bits per heavy atom. The molecule has 38 heavy (non-hydrogen) atoms. The van der Waals surface area contributed by atoms with Gasteiger partial charge in [-0.2, -0.15) is 0 Å². The van der Waals surface area contributed by atoms with E-state index in [0.29, 0.717) is 0 Å². The summed E-state index contributed by atoms with van der Waals surface area (Å²) in [4.78, 5) is 0. The highest BCUT2D eigenvalue weighted by molar-refractivity contribution is 6.98. The number of pyridine rings is 1. The highest BCUT2D eigenvalue weighted by Gasteiger charge is 2.73. The van der Waals surface area contributed by atoms with Crippen molar-refractivity contribution in [1.29, 1.82) is 0 Å². The van der Waals surface area contributed by atoms with E-state index in [1.165, 1.54) is 61.4 Å². The van der Waals surface area contributed by atoms with E-state index in [0.717, 1.165) is 30.9 Å². The molecule has 0 bridgehead atoms. The summed E-state index contributed by atoms with van der Waals surface area (Å²) < 4.78 is 11.9. The molecule has 1 atom stereocenters. The van der Waals surface area contributed by atoms with Crippen LogP contribution in [0.2, 0.25) is 0 Å². The number of para-hydroxylation sites is 1. The fourth-order valence-corrected chi connectivity index (χ4v) is 8.98. The summed E-state index contributed by atoms with van der Waals surface area (Å²) in [6.45, 7) is 0.275. The molecule has 3 nitrogen and oxygen atoms in total. The lowest BCUT2D eigenvalue weighted by Crippen LogP contribution is -2.75. The lowest BCUT2D eigenvalue weighted by molar-refractivity contribution is -0.888. The number of aromatic nitrogens is 1. The van der Waals surface area contributed by atoms with Crippen LogP contribution in [-0.2, 0) is 24.9 Å². The second-order valence-corrected chi connectivity index (χ2v) is 11.6. The molecule has 6 aliphatic heterocycles. The Morgan fingerprint density at radius 3 is 2.26 bits per heavy atom. The van der Waals surface area contributed by atoms with Crippen molar-refractivity contribution in [3.63, 3.8) is 0 Å². The van der Waals surface area contributed by atoms with Crippen LogP contribution in [0, 0.1) is 0 Å². The first-order valence-electron chi connectivity index (χ1n) is 13.7. The number of benzene rings is 4. The minimum absolute atomic E-state index is 0.275. The Morgan fingerprint density at radius 2 is 1.37 bits per heavy atom. The largest absolute Gasteiger partial charge is 0.422 e.